The molecule has 0 heterocycles. The van der Waals surface area contributed by atoms with E-state index >= 15 is 0 Å². The van der Waals surface area contributed by atoms with E-state index in [0.717, 1.165) is 0 Å². The Kier molecular flexibility index (Phi) is 12.1. The van der Waals surface area contributed by atoms with Crippen LogP contribution in [0.25, 0.3) is 0 Å². The molecule has 0 aromatic heterocycles. The molecule has 0 aliphatic carbocycles. The molecule has 0 saturated carbocycles. The Morgan fingerprint density at radius 3 is 1.79 bits per heavy atom. The second-order valence-corrected chi connectivity index (χ2v) is 9.77. The molecule has 0 spiro atoms. The first-order chi connectivity index (χ1) is 6.24. The predicted molar refractivity (Wildman–Crippen MR) is 64.0 cm³/mol. The topological polar surface area (TPSA) is 16.6 Å². The fourth-order valence-electron chi connectivity index (χ4n) is 2.11. The molecular formula is C11H28ClNSi. The molecule has 0 rings (SSSR count). The third kappa shape index (κ3) is 6.05. The van der Waals surface area contributed by atoms with Gasteiger partial charge in [0.15, 0.2) is 0 Å². The molecule has 0 amide bonds. The summed E-state index contributed by atoms with van der Waals surface area (Å²) in [5.74, 6) is 0. The summed E-state index contributed by atoms with van der Waals surface area (Å²) in [7, 11) is -0.787. The van der Waals surface area contributed by atoms with Crippen LogP contribution < -0.4 is 17.7 Å². The van der Waals surface area contributed by atoms with Gasteiger partial charge in [0.1, 0.15) is 0 Å². The van der Waals surface area contributed by atoms with E-state index in [4.69, 9.17) is 0 Å². The van der Waals surface area contributed by atoms with Gasteiger partial charge in [-0.15, -0.1) is 0 Å². The van der Waals surface area contributed by atoms with Gasteiger partial charge in [-0.05, 0) is 13.3 Å². The van der Waals surface area contributed by atoms with Crippen molar-refractivity contribution in [2.45, 2.75) is 58.3 Å². The van der Waals surface area contributed by atoms with Gasteiger partial charge in [-0.3, -0.25) is 0 Å². The van der Waals surface area contributed by atoms with E-state index in [-0.39, 0.29) is 12.4 Å². The molecule has 0 aromatic rings. The third-order valence-corrected chi connectivity index (χ3v) is 9.57. The highest BCUT2D eigenvalue weighted by Gasteiger charge is 2.25. The highest BCUT2D eigenvalue weighted by molar-refractivity contribution is 6.79. The maximum absolute atomic E-state index is 2.43. The van der Waals surface area contributed by atoms with E-state index in [1.165, 1.54) is 37.6 Å². The number of hydrogen-bond donors (Lipinski definition) is 1. The zero-order valence-electron chi connectivity index (χ0n) is 10.4. The van der Waals surface area contributed by atoms with Crippen molar-refractivity contribution in [2.24, 2.45) is 0 Å². The van der Waals surface area contributed by atoms with E-state index in [1.807, 2.05) is 0 Å². The van der Waals surface area contributed by atoms with Gasteiger partial charge in [0.25, 0.3) is 0 Å². The predicted octanol–water partition coefficient (Wildman–Crippen LogP) is -0.528. The molecule has 0 saturated heterocycles. The van der Waals surface area contributed by atoms with Crippen LogP contribution in [0.4, 0.5) is 0 Å². The Balaban J connectivity index is 0. The van der Waals surface area contributed by atoms with Crippen molar-refractivity contribution >= 4 is 8.07 Å². The summed E-state index contributed by atoms with van der Waals surface area (Å²) in [6.45, 7) is 12.1. The van der Waals surface area contributed by atoms with Crippen LogP contribution in [-0.2, 0) is 0 Å². The van der Waals surface area contributed by atoms with Crippen molar-refractivity contribution < 1.29 is 17.7 Å². The van der Waals surface area contributed by atoms with Crippen molar-refractivity contribution in [1.29, 1.82) is 0 Å². The van der Waals surface area contributed by atoms with Crippen LogP contribution in [0.1, 0.15) is 34.1 Å². The number of halogens is 1. The molecule has 14 heavy (non-hydrogen) atoms. The number of hydrogen-bond acceptors (Lipinski definition) is 0. The highest BCUT2D eigenvalue weighted by atomic mass is 35.5. The summed E-state index contributed by atoms with van der Waals surface area (Å²) in [5.41, 5.74) is 0. The number of nitrogens with two attached hydrogens (primary N) is 1. The number of rotatable bonds is 8. The minimum absolute atomic E-state index is 0. The second kappa shape index (κ2) is 10.0. The van der Waals surface area contributed by atoms with Gasteiger partial charge >= 0.3 is 0 Å². The van der Waals surface area contributed by atoms with Crippen LogP contribution in [0.2, 0.25) is 24.2 Å². The molecule has 3 heteroatoms. The second-order valence-electron chi connectivity index (χ2n) is 4.15. The molecule has 0 aromatic carbocycles. The number of quaternary nitrogens is 1. The largest absolute Gasteiger partial charge is 1.00 e. The Hall–Kier alpha value is 0.467. The van der Waals surface area contributed by atoms with Crippen molar-refractivity contribution in [2.75, 3.05) is 13.1 Å². The van der Waals surface area contributed by atoms with Gasteiger partial charge in [0.2, 0.25) is 0 Å². The van der Waals surface area contributed by atoms with E-state index in [9.17, 15) is 0 Å². The Morgan fingerprint density at radius 1 is 0.929 bits per heavy atom. The van der Waals surface area contributed by atoms with Crippen LogP contribution in [0.5, 0.6) is 0 Å². The first-order valence-corrected chi connectivity index (χ1v) is 8.89. The Morgan fingerprint density at radius 2 is 1.43 bits per heavy atom. The zero-order valence-corrected chi connectivity index (χ0v) is 12.2. The van der Waals surface area contributed by atoms with Crippen molar-refractivity contribution in [3.8, 4) is 0 Å². The molecule has 0 aliphatic rings. The summed E-state index contributed by atoms with van der Waals surface area (Å²) in [4.78, 5) is 0. The summed E-state index contributed by atoms with van der Waals surface area (Å²) < 4.78 is 0. The maximum Gasteiger partial charge on any atom is 0.0752 e. The standard InChI is InChI=1S/C11H27NSi.ClH/c1-5-12-10-9-11-13(6-2,7-3)8-4;/h12H,5-11H2,1-4H3;1H. The highest BCUT2D eigenvalue weighted by Crippen LogP contribution is 2.25. The quantitative estimate of drug-likeness (QED) is 0.432. The van der Waals surface area contributed by atoms with Gasteiger partial charge in [0.05, 0.1) is 21.2 Å². The Labute approximate surface area is 97.5 Å². The molecule has 1 nitrogen and oxygen atoms in total. The average Bonchev–Trinajstić information content (AvgIpc) is 2.20. The minimum Gasteiger partial charge on any atom is -1.00 e. The minimum atomic E-state index is -0.787. The molecule has 88 valence electrons. The lowest BCUT2D eigenvalue weighted by Gasteiger charge is -2.27. The van der Waals surface area contributed by atoms with Gasteiger partial charge in [-0.25, -0.2) is 0 Å². The maximum atomic E-state index is 2.43. The summed E-state index contributed by atoms with van der Waals surface area (Å²) in [6.07, 6.45) is 1.45. The molecule has 0 aliphatic heterocycles. The van der Waals surface area contributed by atoms with E-state index in [0.29, 0.717) is 0 Å². The molecular weight excluding hydrogens is 210 g/mol. The van der Waals surface area contributed by atoms with E-state index in [1.54, 1.807) is 6.04 Å². The molecule has 0 fully saturated rings. The van der Waals surface area contributed by atoms with Crippen LogP contribution in [0.3, 0.4) is 0 Å². The van der Waals surface area contributed by atoms with Crippen LogP contribution in [0.15, 0.2) is 0 Å². The van der Waals surface area contributed by atoms with E-state index < -0.39 is 8.07 Å². The van der Waals surface area contributed by atoms with Gasteiger partial charge in [-0.1, -0.05) is 44.9 Å². The first kappa shape index (κ1) is 16.9. The summed E-state index contributed by atoms with van der Waals surface area (Å²) in [6, 6.07) is 6.04. The Bertz CT molecular complexity index is 108. The van der Waals surface area contributed by atoms with Gasteiger partial charge in [-0.2, -0.15) is 0 Å². The van der Waals surface area contributed by atoms with Crippen LogP contribution in [0, 0.1) is 0 Å². The summed E-state index contributed by atoms with van der Waals surface area (Å²) >= 11 is 0. The molecule has 0 atom stereocenters. The fraction of sp³-hybridized carbons (Fsp3) is 1.00. The smallest absolute Gasteiger partial charge is 0.0752 e. The van der Waals surface area contributed by atoms with E-state index in [2.05, 4.69) is 33.0 Å². The SMILES string of the molecule is CC[NH2+]CCC[Si](CC)(CC)CC.[Cl-]. The average molecular weight is 238 g/mol. The first-order valence-electron chi connectivity index (χ1n) is 6.06. The molecule has 0 bridgehead atoms. The monoisotopic (exact) mass is 237 g/mol. The van der Waals surface area contributed by atoms with Crippen molar-refractivity contribution in [3.05, 3.63) is 0 Å². The van der Waals surface area contributed by atoms with Gasteiger partial charge < -0.3 is 17.7 Å². The lowest BCUT2D eigenvalue weighted by atomic mass is 10.5. The normalized spacial score (nSPS) is 11.1. The van der Waals surface area contributed by atoms with Crippen LogP contribution in [-0.4, -0.2) is 21.2 Å². The lowest BCUT2D eigenvalue weighted by Crippen LogP contribution is -3.00. The molecule has 2 N–H and O–H groups in total. The third-order valence-electron chi connectivity index (χ3n) is 3.65. The fourth-order valence-corrected chi connectivity index (χ4v) is 5.62. The zero-order chi connectivity index (χ0) is 10.2. The lowest BCUT2D eigenvalue weighted by molar-refractivity contribution is -0.651. The molecule has 0 unspecified atom stereocenters. The van der Waals surface area contributed by atoms with Gasteiger partial charge in [0, 0.05) is 0 Å². The molecule has 0 radical (unpaired) electrons. The summed E-state index contributed by atoms with van der Waals surface area (Å²) in [5, 5.41) is 2.43. The van der Waals surface area contributed by atoms with Crippen molar-refractivity contribution in [3.63, 3.8) is 0 Å². The van der Waals surface area contributed by atoms with Crippen molar-refractivity contribution in [1.82, 2.24) is 0 Å². The van der Waals surface area contributed by atoms with Crippen LogP contribution >= 0.6 is 0 Å².